The third-order valence-electron chi connectivity index (χ3n) is 4.44. The Labute approximate surface area is 176 Å². The molecule has 1 N–H and O–H groups in total. The van der Waals surface area contributed by atoms with Gasteiger partial charge in [-0.2, -0.15) is 0 Å². The number of ether oxygens (including phenoxy) is 1. The molecule has 0 saturated carbocycles. The van der Waals surface area contributed by atoms with Gasteiger partial charge in [-0.25, -0.2) is 4.98 Å². The van der Waals surface area contributed by atoms with Gasteiger partial charge in [0.1, 0.15) is 6.10 Å². The molecular weight excluding hydrogens is 459 g/mol. The number of hydrogen-bond acceptors (Lipinski definition) is 4. The first kappa shape index (κ1) is 21.1. The summed E-state index contributed by atoms with van der Waals surface area (Å²) < 4.78 is 6.04. The molecular formula is C19H27IN4OS. The Balaban J connectivity index is 0.00000243. The third-order valence-corrected chi connectivity index (χ3v) is 5.35. The number of aliphatic imine (C=N–C) groups is 1. The molecule has 2 heterocycles. The Bertz CT molecular complexity index is 762. The molecule has 1 aliphatic rings. The number of benzene rings is 1. The number of aryl methyl sites for hydroxylation is 3. The largest absolute Gasteiger partial charge is 0.370 e. The maximum Gasteiger partial charge on any atom is 0.194 e. The number of aromatic nitrogens is 1. The van der Waals surface area contributed by atoms with Crippen molar-refractivity contribution < 1.29 is 4.74 Å². The summed E-state index contributed by atoms with van der Waals surface area (Å²) in [5, 5.41) is 4.55. The van der Waals surface area contributed by atoms with Crippen LogP contribution in [0.2, 0.25) is 0 Å². The topological polar surface area (TPSA) is 49.8 Å². The summed E-state index contributed by atoms with van der Waals surface area (Å²) in [6.07, 6.45) is 2.01. The molecule has 1 aromatic carbocycles. The van der Waals surface area contributed by atoms with E-state index < -0.39 is 0 Å². The van der Waals surface area contributed by atoms with Crippen LogP contribution in [-0.2, 0) is 11.3 Å². The fraction of sp³-hybridized carbons (Fsp3) is 0.474. The molecule has 0 radical (unpaired) electrons. The van der Waals surface area contributed by atoms with Gasteiger partial charge < -0.3 is 15.0 Å². The van der Waals surface area contributed by atoms with Crippen LogP contribution >= 0.6 is 35.3 Å². The Morgan fingerprint density at radius 1 is 1.38 bits per heavy atom. The van der Waals surface area contributed by atoms with Crippen LogP contribution in [0.1, 0.15) is 32.7 Å². The molecule has 1 aliphatic heterocycles. The van der Waals surface area contributed by atoms with E-state index in [-0.39, 0.29) is 30.1 Å². The molecule has 7 heteroatoms. The van der Waals surface area contributed by atoms with Crippen molar-refractivity contribution in [2.75, 3.05) is 26.7 Å². The molecule has 26 heavy (non-hydrogen) atoms. The number of thiazole rings is 1. The highest BCUT2D eigenvalue weighted by molar-refractivity contribution is 14.0. The number of rotatable bonds is 3. The second-order valence-corrected chi connectivity index (χ2v) is 7.73. The van der Waals surface area contributed by atoms with Crippen molar-refractivity contribution in [3.05, 3.63) is 51.0 Å². The summed E-state index contributed by atoms with van der Waals surface area (Å²) >= 11 is 1.72. The minimum atomic E-state index is 0. The minimum absolute atomic E-state index is 0. The van der Waals surface area contributed by atoms with Crippen molar-refractivity contribution in [2.45, 2.75) is 33.4 Å². The van der Waals surface area contributed by atoms with Crippen LogP contribution < -0.4 is 5.32 Å². The summed E-state index contributed by atoms with van der Waals surface area (Å²) in [7, 11) is 1.84. The highest BCUT2D eigenvalue weighted by Gasteiger charge is 2.25. The van der Waals surface area contributed by atoms with E-state index in [1.165, 1.54) is 21.6 Å². The van der Waals surface area contributed by atoms with E-state index in [2.05, 4.69) is 52.2 Å². The number of halogens is 1. The van der Waals surface area contributed by atoms with E-state index in [1.54, 1.807) is 11.3 Å². The summed E-state index contributed by atoms with van der Waals surface area (Å²) in [5.74, 6) is 0.920. The van der Waals surface area contributed by atoms with Gasteiger partial charge in [-0.15, -0.1) is 35.3 Å². The van der Waals surface area contributed by atoms with Crippen LogP contribution in [0.5, 0.6) is 0 Å². The van der Waals surface area contributed by atoms with Gasteiger partial charge in [-0.05, 0) is 31.9 Å². The maximum atomic E-state index is 6.04. The van der Waals surface area contributed by atoms with Crippen molar-refractivity contribution in [1.29, 1.82) is 0 Å². The molecule has 1 fully saturated rings. The zero-order valence-corrected chi connectivity index (χ0v) is 18.9. The first-order chi connectivity index (χ1) is 12.1. The Kier molecular flexibility index (Phi) is 7.85. The molecule has 1 atom stereocenters. The number of hydrogen-bond donors (Lipinski definition) is 1. The lowest BCUT2D eigenvalue weighted by Crippen LogP contribution is -2.48. The Morgan fingerprint density at radius 2 is 2.19 bits per heavy atom. The smallest absolute Gasteiger partial charge is 0.194 e. The highest BCUT2D eigenvalue weighted by atomic mass is 127. The highest BCUT2D eigenvalue weighted by Crippen LogP contribution is 2.26. The third kappa shape index (κ3) is 5.17. The number of guanidine groups is 1. The molecule has 3 rings (SSSR count). The van der Waals surface area contributed by atoms with Crippen LogP contribution in [0.25, 0.3) is 0 Å². The Morgan fingerprint density at radius 3 is 2.85 bits per heavy atom. The molecule has 0 spiro atoms. The van der Waals surface area contributed by atoms with Gasteiger partial charge in [0.05, 0.1) is 24.7 Å². The zero-order valence-electron chi connectivity index (χ0n) is 15.8. The molecule has 0 amide bonds. The van der Waals surface area contributed by atoms with Crippen molar-refractivity contribution in [3.8, 4) is 0 Å². The molecule has 0 aliphatic carbocycles. The van der Waals surface area contributed by atoms with E-state index in [0.29, 0.717) is 6.61 Å². The van der Waals surface area contributed by atoms with E-state index in [9.17, 15) is 0 Å². The maximum absolute atomic E-state index is 6.04. The Hall–Kier alpha value is -1.19. The fourth-order valence-corrected chi connectivity index (χ4v) is 3.94. The predicted molar refractivity (Wildman–Crippen MR) is 119 cm³/mol. The normalized spacial score (nSPS) is 17.8. The lowest BCUT2D eigenvalue weighted by molar-refractivity contribution is -0.00834. The molecule has 0 bridgehead atoms. The monoisotopic (exact) mass is 486 g/mol. The van der Waals surface area contributed by atoms with Gasteiger partial charge in [0.25, 0.3) is 0 Å². The molecule has 2 aromatic rings. The van der Waals surface area contributed by atoms with Crippen molar-refractivity contribution in [3.63, 3.8) is 0 Å². The summed E-state index contributed by atoms with van der Waals surface area (Å²) in [5.41, 5.74) is 3.84. The van der Waals surface area contributed by atoms with Crippen molar-refractivity contribution in [2.24, 2.45) is 4.99 Å². The first-order valence-corrected chi connectivity index (χ1v) is 9.44. The average Bonchev–Trinajstić information content (AvgIpc) is 3.01. The van der Waals surface area contributed by atoms with Crippen molar-refractivity contribution in [1.82, 2.24) is 15.2 Å². The molecule has 1 unspecified atom stereocenters. The molecule has 142 valence electrons. The second-order valence-electron chi connectivity index (χ2n) is 6.41. The average molecular weight is 486 g/mol. The SMILES string of the molecule is CN=C(NCc1cnc(C)s1)N1CCOC(c2ccc(C)cc2C)C1.I. The summed E-state index contributed by atoms with van der Waals surface area (Å²) in [4.78, 5) is 12.3. The van der Waals surface area contributed by atoms with Crippen LogP contribution in [0.4, 0.5) is 0 Å². The second kappa shape index (κ2) is 9.66. The van der Waals surface area contributed by atoms with Gasteiger partial charge >= 0.3 is 0 Å². The fourth-order valence-electron chi connectivity index (χ4n) is 3.20. The minimum Gasteiger partial charge on any atom is -0.370 e. The number of nitrogens with one attached hydrogen (secondary N) is 1. The van der Waals surface area contributed by atoms with Gasteiger partial charge in [-0.1, -0.05) is 23.8 Å². The summed E-state index contributed by atoms with van der Waals surface area (Å²) in [6.45, 7) is 9.43. The predicted octanol–water partition coefficient (Wildman–Crippen LogP) is 3.84. The quantitative estimate of drug-likeness (QED) is 0.407. The zero-order chi connectivity index (χ0) is 17.8. The standard InChI is InChI=1S/C19H26N4OS.HI/c1-13-5-6-17(14(2)9-13)18-12-23(7-8-24-18)19(20-4)22-11-16-10-21-15(3)25-16;/h5-6,9-10,18H,7-8,11-12H2,1-4H3,(H,20,22);1H. The van der Waals surface area contributed by atoms with E-state index in [1.807, 2.05) is 20.2 Å². The molecule has 5 nitrogen and oxygen atoms in total. The van der Waals surface area contributed by atoms with E-state index in [4.69, 9.17) is 4.74 Å². The van der Waals surface area contributed by atoms with Crippen LogP contribution in [0.3, 0.4) is 0 Å². The van der Waals surface area contributed by atoms with Crippen LogP contribution in [-0.4, -0.2) is 42.6 Å². The number of morpholine rings is 1. The van der Waals surface area contributed by atoms with Gasteiger partial charge in [0.15, 0.2) is 5.96 Å². The lowest BCUT2D eigenvalue weighted by atomic mass is 10.00. The van der Waals surface area contributed by atoms with Crippen molar-refractivity contribution >= 4 is 41.3 Å². The molecule has 1 aromatic heterocycles. The first-order valence-electron chi connectivity index (χ1n) is 8.62. The van der Waals surface area contributed by atoms with Gasteiger partial charge in [0.2, 0.25) is 0 Å². The molecule has 1 saturated heterocycles. The number of nitrogens with zero attached hydrogens (tertiary/aromatic N) is 3. The van der Waals surface area contributed by atoms with Gasteiger partial charge in [-0.3, -0.25) is 4.99 Å². The van der Waals surface area contributed by atoms with Crippen LogP contribution in [0.15, 0.2) is 29.4 Å². The van der Waals surface area contributed by atoms with Crippen LogP contribution in [0, 0.1) is 20.8 Å². The van der Waals surface area contributed by atoms with E-state index >= 15 is 0 Å². The van der Waals surface area contributed by atoms with E-state index in [0.717, 1.165) is 30.6 Å². The lowest BCUT2D eigenvalue weighted by Gasteiger charge is -2.35. The summed E-state index contributed by atoms with van der Waals surface area (Å²) in [6, 6.07) is 6.57. The van der Waals surface area contributed by atoms with Gasteiger partial charge in [0, 0.05) is 24.7 Å².